The second-order valence-electron chi connectivity index (χ2n) is 6.33. The minimum Gasteiger partial charge on any atom is -0.500 e. The number of rotatable bonds is 6. The number of aromatic hydroxyl groups is 1. The van der Waals surface area contributed by atoms with Crippen LogP contribution in [-0.2, 0) is 0 Å². The highest BCUT2D eigenvalue weighted by molar-refractivity contribution is 5.57. The molecule has 126 valence electrons. The molecular formula is C16H23N3O4. The highest BCUT2D eigenvalue weighted by atomic mass is 16.6. The molecule has 1 aliphatic heterocycles. The molecule has 0 radical (unpaired) electrons. The Kier molecular flexibility index (Phi) is 4.68. The van der Waals surface area contributed by atoms with Gasteiger partial charge in [-0.1, -0.05) is 12.8 Å². The van der Waals surface area contributed by atoms with Crippen molar-refractivity contribution in [3.63, 3.8) is 0 Å². The molecule has 1 atom stereocenters. The maximum absolute atomic E-state index is 11.2. The van der Waals surface area contributed by atoms with Crippen LogP contribution in [0.15, 0.2) is 12.1 Å². The van der Waals surface area contributed by atoms with Crippen LogP contribution in [0.3, 0.4) is 0 Å². The van der Waals surface area contributed by atoms with Gasteiger partial charge in [0.25, 0.3) is 0 Å². The number of benzene rings is 1. The van der Waals surface area contributed by atoms with Crippen molar-refractivity contribution in [3.8, 4) is 11.5 Å². The normalized spacial score (nSPS) is 20.2. The number of methoxy groups -OCH3 is 1. The third kappa shape index (κ3) is 3.56. The molecule has 2 N–H and O–H groups in total. The molecule has 0 unspecified atom stereocenters. The molecule has 7 heteroatoms. The van der Waals surface area contributed by atoms with Gasteiger partial charge in [-0.2, -0.15) is 0 Å². The Morgan fingerprint density at radius 1 is 1.43 bits per heavy atom. The van der Waals surface area contributed by atoms with E-state index in [9.17, 15) is 15.2 Å². The topological polar surface area (TPSA) is 87.9 Å². The second-order valence-corrected chi connectivity index (χ2v) is 6.33. The number of hydrogen-bond donors (Lipinski definition) is 2. The lowest BCUT2D eigenvalue weighted by molar-refractivity contribution is -0.386. The van der Waals surface area contributed by atoms with Crippen LogP contribution in [0.2, 0.25) is 0 Å². The van der Waals surface area contributed by atoms with E-state index in [1.165, 1.54) is 26.0 Å². The summed E-state index contributed by atoms with van der Waals surface area (Å²) < 4.78 is 5.15. The first-order valence-electron chi connectivity index (χ1n) is 8.10. The highest BCUT2D eigenvalue weighted by Gasteiger charge is 2.32. The molecule has 0 spiro atoms. The van der Waals surface area contributed by atoms with Gasteiger partial charge in [0.1, 0.15) is 0 Å². The van der Waals surface area contributed by atoms with Gasteiger partial charge in [-0.15, -0.1) is 0 Å². The number of nitrogens with zero attached hydrogens (tertiary/aromatic N) is 2. The Labute approximate surface area is 135 Å². The fourth-order valence-electron chi connectivity index (χ4n) is 3.26. The number of nitrogens with one attached hydrogen (secondary N) is 1. The average molecular weight is 321 g/mol. The molecule has 0 bridgehead atoms. The zero-order valence-electron chi connectivity index (χ0n) is 13.3. The van der Waals surface area contributed by atoms with Crippen LogP contribution < -0.4 is 10.1 Å². The predicted octanol–water partition coefficient (Wildman–Crippen LogP) is 2.06. The molecule has 1 aromatic rings. The van der Waals surface area contributed by atoms with Crippen LogP contribution in [0.25, 0.3) is 0 Å². The van der Waals surface area contributed by atoms with Gasteiger partial charge in [0.15, 0.2) is 5.75 Å². The number of piperazine rings is 1. The average Bonchev–Trinajstić information content (AvgIpc) is 3.38. The molecule has 3 rings (SSSR count). The molecular weight excluding hydrogens is 298 g/mol. The lowest BCUT2D eigenvalue weighted by atomic mass is 9.97. The quantitative estimate of drug-likeness (QED) is 0.616. The standard InChI is InChI=1S/C16H23N3O4/c1-23-15-10-12(9-14(16(15)20)19(21)22)13(8-11-2-3-11)18-6-4-17-5-7-18/h9-11,13,17,20H,2-8H2,1H3/t13-/m1/s1. The molecule has 7 nitrogen and oxygen atoms in total. The molecule has 1 saturated heterocycles. The van der Waals surface area contributed by atoms with Crippen LogP contribution in [0.4, 0.5) is 5.69 Å². The zero-order valence-corrected chi connectivity index (χ0v) is 13.3. The summed E-state index contributed by atoms with van der Waals surface area (Å²) in [4.78, 5) is 13.1. The van der Waals surface area contributed by atoms with Crippen LogP contribution >= 0.6 is 0 Å². The van der Waals surface area contributed by atoms with Gasteiger partial charge < -0.3 is 15.2 Å². The number of nitro benzene ring substituents is 1. The summed E-state index contributed by atoms with van der Waals surface area (Å²) in [6, 6.07) is 3.39. The molecule has 1 aliphatic carbocycles. The third-order valence-electron chi connectivity index (χ3n) is 4.72. The van der Waals surface area contributed by atoms with E-state index in [0.29, 0.717) is 5.92 Å². The van der Waals surface area contributed by atoms with E-state index in [4.69, 9.17) is 4.74 Å². The van der Waals surface area contributed by atoms with Crippen molar-refractivity contribution in [2.45, 2.75) is 25.3 Å². The highest BCUT2D eigenvalue weighted by Crippen LogP contribution is 2.44. The summed E-state index contributed by atoms with van der Waals surface area (Å²) in [7, 11) is 1.42. The number of phenolic OH excluding ortho intramolecular Hbond substituents is 1. The number of hydrogen-bond acceptors (Lipinski definition) is 6. The predicted molar refractivity (Wildman–Crippen MR) is 85.8 cm³/mol. The lowest BCUT2D eigenvalue weighted by Gasteiger charge is -2.35. The number of ether oxygens (including phenoxy) is 1. The van der Waals surface area contributed by atoms with Gasteiger partial charge in [-0.3, -0.25) is 15.0 Å². The van der Waals surface area contributed by atoms with E-state index in [0.717, 1.165) is 38.2 Å². The molecule has 1 aromatic carbocycles. The largest absolute Gasteiger partial charge is 0.500 e. The van der Waals surface area contributed by atoms with E-state index in [-0.39, 0.29) is 17.5 Å². The Balaban J connectivity index is 1.96. The fraction of sp³-hybridized carbons (Fsp3) is 0.625. The summed E-state index contributed by atoms with van der Waals surface area (Å²) >= 11 is 0. The second kappa shape index (κ2) is 6.72. The Morgan fingerprint density at radius 3 is 2.70 bits per heavy atom. The van der Waals surface area contributed by atoms with E-state index in [1.54, 1.807) is 6.07 Å². The van der Waals surface area contributed by atoms with Gasteiger partial charge >= 0.3 is 5.69 Å². The lowest BCUT2D eigenvalue weighted by Crippen LogP contribution is -2.45. The fourth-order valence-corrected chi connectivity index (χ4v) is 3.26. The van der Waals surface area contributed by atoms with Gasteiger partial charge in [0.2, 0.25) is 5.75 Å². The smallest absolute Gasteiger partial charge is 0.314 e. The van der Waals surface area contributed by atoms with Gasteiger partial charge in [-0.25, -0.2) is 0 Å². The van der Waals surface area contributed by atoms with E-state index in [2.05, 4.69) is 10.2 Å². The van der Waals surface area contributed by atoms with E-state index in [1.807, 2.05) is 0 Å². The van der Waals surface area contributed by atoms with Crippen molar-refractivity contribution in [2.24, 2.45) is 5.92 Å². The SMILES string of the molecule is COc1cc([C@@H](CC2CC2)N2CCNCC2)cc([N+](=O)[O-])c1O. The number of nitro groups is 1. The van der Waals surface area contributed by atoms with Crippen molar-refractivity contribution < 1.29 is 14.8 Å². The molecule has 23 heavy (non-hydrogen) atoms. The Bertz CT molecular complexity index is 583. The Morgan fingerprint density at radius 2 is 2.13 bits per heavy atom. The minimum atomic E-state index is -0.548. The van der Waals surface area contributed by atoms with Crippen molar-refractivity contribution in [1.82, 2.24) is 10.2 Å². The molecule has 1 saturated carbocycles. The van der Waals surface area contributed by atoms with Crippen LogP contribution in [0.1, 0.15) is 30.9 Å². The van der Waals surface area contributed by atoms with Gasteiger partial charge in [0.05, 0.1) is 12.0 Å². The summed E-state index contributed by atoms with van der Waals surface area (Å²) in [6.07, 6.45) is 3.48. The summed E-state index contributed by atoms with van der Waals surface area (Å²) in [5.41, 5.74) is 0.579. The van der Waals surface area contributed by atoms with E-state index >= 15 is 0 Å². The molecule has 0 aromatic heterocycles. The maximum Gasteiger partial charge on any atom is 0.314 e. The third-order valence-corrected chi connectivity index (χ3v) is 4.72. The number of phenols is 1. The summed E-state index contributed by atoms with van der Waals surface area (Å²) in [6.45, 7) is 3.71. The Hall–Kier alpha value is -1.86. The molecule has 0 amide bonds. The monoisotopic (exact) mass is 321 g/mol. The first-order valence-corrected chi connectivity index (χ1v) is 8.10. The molecule has 1 heterocycles. The van der Waals surface area contributed by atoms with Gasteiger partial charge in [-0.05, 0) is 24.0 Å². The van der Waals surface area contributed by atoms with Crippen molar-refractivity contribution in [1.29, 1.82) is 0 Å². The summed E-state index contributed by atoms with van der Waals surface area (Å²) in [5, 5.41) is 24.6. The summed E-state index contributed by atoms with van der Waals surface area (Å²) in [5.74, 6) is 0.477. The van der Waals surface area contributed by atoms with Crippen molar-refractivity contribution in [2.75, 3.05) is 33.3 Å². The van der Waals surface area contributed by atoms with Crippen molar-refractivity contribution in [3.05, 3.63) is 27.8 Å². The molecule has 2 aliphatic rings. The minimum absolute atomic E-state index is 0.137. The van der Waals surface area contributed by atoms with Crippen LogP contribution in [0.5, 0.6) is 11.5 Å². The van der Waals surface area contributed by atoms with Crippen LogP contribution in [-0.4, -0.2) is 48.2 Å². The first kappa shape index (κ1) is 16.0. The van der Waals surface area contributed by atoms with Crippen molar-refractivity contribution >= 4 is 5.69 Å². The zero-order chi connectivity index (χ0) is 16.4. The molecule has 2 fully saturated rings. The first-order chi connectivity index (χ1) is 11.1. The van der Waals surface area contributed by atoms with Crippen LogP contribution in [0, 0.1) is 16.0 Å². The van der Waals surface area contributed by atoms with Gasteiger partial charge in [0, 0.05) is 38.3 Å². The maximum atomic E-state index is 11.2. The van der Waals surface area contributed by atoms with E-state index < -0.39 is 10.7 Å².